The third-order valence-electron chi connectivity index (χ3n) is 3.75. The Labute approximate surface area is 114 Å². The molecule has 0 saturated carbocycles. The lowest BCUT2D eigenvalue weighted by Gasteiger charge is -2.29. The second-order valence-electron chi connectivity index (χ2n) is 4.99. The van der Waals surface area contributed by atoms with E-state index in [1.807, 2.05) is 19.1 Å². The van der Waals surface area contributed by atoms with E-state index >= 15 is 0 Å². The number of ether oxygens (including phenoxy) is 3. The number of benzene rings is 1. The highest BCUT2D eigenvalue weighted by molar-refractivity contribution is 5.48. The minimum atomic E-state index is -0.111. The quantitative estimate of drug-likeness (QED) is 0.909. The van der Waals surface area contributed by atoms with E-state index in [4.69, 9.17) is 19.9 Å². The van der Waals surface area contributed by atoms with Gasteiger partial charge in [-0.25, -0.2) is 0 Å². The zero-order valence-electron chi connectivity index (χ0n) is 11.9. The summed E-state index contributed by atoms with van der Waals surface area (Å²) in [6.45, 7) is 2.85. The van der Waals surface area contributed by atoms with Crippen molar-refractivity contribution in [1.29, 1.82) is 0 Å². The van der Waals surface area contributed by atoms with E-state index in [0.29, 0.717) is 5.75 Å². The third-order valence-corrected chi connectivity index (χ3v) is 3.75. The van der Waals surface area contributed by atoms with Crippen molar-refractivity contribution >= 4 is 0 Å². The highest BCUT2D eigenvalue weighted by Gasteiger charge is 2.25. The van der Waals surface area contributed by atoms with E-state index in [0.717, 1.165) is 36.3 Å². The van der Waals surface area contributed by atoms with Crippen molar-refractivity contribution in [3.8, 4) is 11.5 Å². The van der Waals surface area contributed by atoms with Gasteiger partial charge in [0.1, 0.15) is 0 Å². The van der Waals surface area contributed by atoms with Crippen LogP contribution in [0.2, 0.25) is 0 Å². The Hall–Kier alpha value is -1.26. The molecule has 106 valence electrons. The first-order valence-corrected chi connectivity index (χ1v) is 6.77. The summed E-state index contributed by atoms with van der Waals surface area (Å²) in [6.07, 6.45) is 3.44. The molecule has 0 aromatic heterocycles. The van der Waals surface area contributed by atoms with Crippen LogP contribution in [0.15, 0.2) is 12.1 Å². The van der Waals surface area contributed by atoms with Crippen molar-refractivity contribution in [3.05, 3.63) is 23.3 Å². The Balaban J connectivity index is 2.27. The van der Waals surface area contributed by atoms with Gasteiger partial charge in [0.25, 0.3) is 0 Å². The largest absolute Gasteiger partial charge is 0.493 e. The van der Waals surface area contributed by atoms with Gasteiger partial charge in [0.2, 0.25) is 0 Å². The molecule has 1 aliphatic rings. The molecular formula is C15H23NO3. The maximum Gasteiger partial charge on any atom is 0.161 e. The summed E-state index contributed by atoms with van der Waals surface area (Å²) in [5.41, 5.74) is 8.55. The predicted molar refractivity (Wildman–Crippen MR) is 74.8 cm³/mol. The zero-order chi connectivity index (χ0) is 13.8. The van der Waals surface area contributed by atoms with Gasteiger partial charge < -0.3 is 19.9 Å². The Morgan fingerprint density at radius 1 is 1.21 bits per heavy atom. The van der Waals surface area contributed by atoms with Gasteiger partial charge in [-0.1, -0.05) is 0 Å². The third kappa shape index (κ3) is 3.01. The molecule has 1 fully saturated rings. The van der Waals surface area contributed by atoms with E-state index < -0.39 is 0 Å². The zero-order valence-corrected chi connectivity index (χ0v) is 11.9. The lowest BCUT2D eigenvalue weighted by Crippen LogP contribution is -2.32. The van der Waals surface area contributed by atoms with Crippen LogP contribution in [0.5, 0.6) is 11.5 Å². The minimum Gasteiger partial charge on any atom is -0.493 e. The second kappa shape index (κ2) is 6.26. The average Bonchev–Trinajstić information content (AvgIpc) is 2.47. The molecule has 1 heterocycles. The molecule has 1 saturated heterocycles. The molecule has 2 atom stereocenters. The minimum absolute atomic E-state index is 0.102. The molecule has 4 nitrogen and oxygen atoms in total. The predicted octanol–water partition coefficient (Wildman–Crippen LogP) is 2.58. The highest BCUT2D eigenvalue weighted by Crippen LogP contribution is 2.34. The molecule has 0 radical (unpaired) electrons. The molecule has 2 unspecified atom stereocenters. The van der Waals surface area contributed by atoms with Gasteiger partial charge in [0.05, 0.1) is 26.4 Å². The standard InChI is InChI=1S/C15H23NO3/c1-10-8-13(17-2)14(18-3)9-11(10)15(16)12-6-4-5-7-19-12/h8-9,12,15H,4-7,16H2,1-3H3. The van der Waals surface area contributed by atoms with Crippen LogP contribution in [0.1, 0.15) is 36.4 Å². The summed E-state index contributed by atoms with van der Waals surface area (Å²) in [7, 11) is 3.28. The van der Waals surface area contributed by atoms with E-state index in [9.17, 15) is 0 Å². The summed E-state index contributed by atoms with van der Waals surface area (Å²) in [4.78, 5) is 0. The Morgan fingerprint density at radius 3 is 2.47 bits per heavy atom. The molecule has 0 spiro atoms. The van der Waals surface area contributed by atoms with E-state index in [2.05, 4.69) is 0 Å². The fraction of sp³-hybridized carbons (Fsp3) is 0.600. The van der Waals surface area contributed by atoms with Crippen molar-refractivity contribution < 1.29 is 14.2 Å². The van der Waals surface area contributed by atoms with E-state index in [1.165, 1.54) is 6.42 Å². The van der Waals surface area contributed by atoms with Crippen molar-refractivity contribution in [3.63, 3.8) is 0 Å². The first-order chi connectivity index (χ1) is 9.17. The first kappa shape index (κ1) is 14.2. The molecule has 0 bridgehead atoms. The summed E-state index contributed by atoms with van der Waals surface area (Å²) in [5.74, 6) is 1.45. The van der Waals surface area contributed by atoms with Crippen molar-refractivity contribution in [2.45, 2.75) is 38.3 Å². The van der Waals surface area contributed by atoms with Crippen LogP contribution in [-0.2, 0) is 4.74 Å². The number of aryl methyl sites for hydroxylation is 1. The Bertz CT molecular complexity index is 428. The summed E-state index contributed by atoms with van der Waals surface area (Å²) < 4.78 is 16.4. The van der Waals surface area contributed by atoms with Gasteiger partial charge in [-0.05, 0) is 49.4 Å². The summed E-state index contributed by atoms with van der Waals surface area (Å²) in [5, 5.41) is 0. The lowest BCUT2D eigenvalue weighted by atomic mass is 9.93. The number of nitrogens with two attached hydrogens (primary N) is 1. The molecular weight excluding hydrogens is 242 g/mol. The van der Waals surface area contributed by atoms with Gasteiger partial charge in [-0.2, -0.15) is 0 Å². The summed E-state index contributed by atoms with van der Waals surface area (Å²) in [6, 6.07) is 3.83. The first-order valence-electron chi connectivity index (χ1n) is 6.77. The molecule has 0 amide bonds. The van der Waals surface area contributed by atoms with Gasteiger partial charge in [0, 0.05) is 6.61 Å². The smallest absolute Gasteiger partial charge is 0.161 e. The topological polar surface area (TPSA) is 53.7 Å². The monoisotopic (exact) mass is 265 g/mol. The molecule has 1 aromatic rings. The SMILES string of the molecule is COc1cc(C)c(C(N)C2CCCCO2)cc1OC. The molecule has 0 aliphatic carbocycles. The lowest BCUT2D eigenvalue weighted by molar-refractivity contribution is -0.000140. The summed E-state index contributed by atoms with van der Waals surface area (Å²) >= 11 is 0. The van der Waals surface area contributed by atoms with E-state index in [1.54, 1.807) is 14.2 Å². The van der Waals surface area contributed by atoms with E-state index in [-0.39, 0.29) is 12.1 Å². The Kier molecular flexibility index (Phi) is 4.66. The van der Waals surface area contributed by atoms with Crippen LogP contribution in [0.4, 0.5) is 0 Å². The Morgan fingerprint density at radius 2 is 1.89 bits per heavy atom. The second-order valence-corrected chi connectivity index (χ2v) is 4.99. The highest BCUT2D eigenvalue weighted by atomic mass is 16.5. The molecule has 4 heteroatoms. The maximum atomic E-state index is 6.36. The maximum absolute atomic E-state index is 6.36. The van der Waals surface area contributed by atoms with Gasteiger partial charge in [-0.3, -0.25) is 0 Å². The van der Waals surface area contributed by atoms with Gasteiger partial charge >= 0.3 is 0 Å². The average molecular weight is 265 g/mol. The van der Waals surface area contributed by atoms with Crippen LogP contribution in [0, 0.1) is 6.92 Å². The number of hydrogen-bond acceptors (Lipinski definition) is 4. The van der Waals surface area contributed by atoms with Gasteiger partial charge in [-0.15, -0.1) is 0 Å². The fourth-order valence-corrected chi connectivity index (χ4v) is 2.60. The normalized spacial score (nSPS) is 20.9. The van der Waals surface area contributed by atoms with Crippen molar-refractivity contribution in [2.24, 2.45) is 5.73 Å². The number of hydrogen-bond donors (Lipinski definition) is 1. The molecule has 19 heavy (non-hydrogen) atoms. The van der Waals surface area contributed by atoms with Gasteiger partial charge in [0.15, 0.2) is 11.5 Å². The van der Waals surface area contributed by atoms with Crippen LogP contribution in [0.25, 0.3) is 0 Å². The fourth-order valence-electron chi connectivity index (χ4n) is 2.60. The molecule has 1 aliphatic heterocycles. The molecule has 1 aromatic carbocycles. The van der Waals surface area contributed by atoms with Crippen LogP contribution < -0.4 is 15.2 Å². The molecule has 2 rings (SSSR count). The van der Waals surface area contributed by atoms with Crippen molar-refractivity contribution in [2.75, 3.05) is 20.8 Å². The molecule has 2 N–H and O–H groups in total. The van der Waals surface area contributed by atoms with Crippen LogP contribution in [-0.4, -0.2) is 26.9 Å². The number of methoxy groups -OCH3 is 2. The van der Waals surface area contributed by atoms with Crippen LogP contribution in [0.3, 0.4) is 0 Å². The van der Waals surface area contributed by atoms with Crippen LogP contribution >= 0.6 is 0 Å². The van der Waals surface area contributed by atoms with Crippen molar-refractivity contribution in [1.82, 2.24) is 0 Å². The number of rotatable bonds is 4.